The molecular weight excluding hydrogens is 460 g/mol. The van der Waals surface area contributed by atoms with Gasteiger partial charge in [0.2, 0.25) is 0 Å². The highest BCUT2D eigenvalue weighted by molar-refractivity contribution is 6.27. The Morgan fingerprint density at radius 1 is 0.829 bits per heavy atom. The molecule has 1 aliphatic rings. The van der Waals surface area contributed by atoms with Gasteiger partial charge in [0.1, 0.15) is 18.0 Å². The molecule has 1 aliphatic heterocycles. The summed E-state index contributed by atoms with van der Waals surface area (Å²) in [6.45, 7) is 5.83. The molecule has 35 heavy (non-hydrogen) atoms. The summed E-state index contributed by atoms with van der Waals surface area (Å²) in [5, 5.41) is 26.9. The second-order valence-corrected chi connectivity index (χ2v) is 7.83. The third-order valence-electron chi connectivity index (χ3n) is 5.57. The maximum Gasteiger partial charge on any atom is 0.414 e. The van der Waals surface area contributed by atoms with Gasteiger partial charge in [-0.3, -0.25) is 4.90 Å². The second kappa shape index (κ2) is 13.3. The Bertz CT molecular complexity index is 967. The predicted molar refractivity (Wildman–Crippen MR) is 123 cm³/mol. The molecule has 0 aromatic heterocycles. The highest BCUT2D eigenvalue weighted by Gasteiger charge is 2.21. The zero-order valence-electron chi connectivity index (χ0n) is 20.3. The summed E-state index contributed by atoms with van der Waals surface area (Å²) >= 11 is 0. The van der Waals surface area contributed by atoms with Gasteiger partial charge in [-0.25, -0.2) is 9.59 Å². The minimum atomic E-state index is -1.82. The van der Waals surface area contributed by atoms with Crippen LogP contribution < -0.4 is 29.0 Å². The lowest BCUT2D eigenvalue weighted by atomic mass is 10.1. The number of carboxylic acid groups (broad SMARTS) is 2. The molecule has 1 fully saturated rings. The molecule has 1 saturated heterocycles. The van der Waals surface area contributed by atoms with E-state index in [4.69, 9.17) is 38.7 Å². The van der Waals surface area contributed by atoms with E-state index in [9.17, 15) is 5.11 Å². The molecule has 2 aromatic carbocycles. The molecule has 2 aromatic rings. The van der Waals surface area contributed by atoms with Crippen molar-refractivity contribution in [3.8, 4) is 28.7 Å². The number of methoxy groups -OCH3 is 4. The molecule has 11 nitrogen and oxygen atoms in total. The molecule has 192 valence electrons. The van der Waals surface area contributed by atoms with E-state index in [2.05, 4.69) is 11.0 Å². The number of carboxylic acids is 2. The van der Waals surface area contributed by atoms with Gasteiger partial charge < -0.3 is 39.2 Å². The quantitative estimate of drug-likeness (QED) is 0.426. The van der Waals surface area contributed by atoms with Crippen molar-refractivity contribution < 1.29 is 48.8 Å². The molecule has 11 heteroatoms. The van der Waals surface area contributed by atoms with Crippen LogP contribution in [0, 0.1) is 0 Å². The van der Waals surface area contributed by atoms with Gasteiger partial charge >= 0.3 is 11.9 Å². The van der Waals surface area contributed by atoms with Crippen LogP contribution in [0.5, 0.6) is 28.7 Å². The molecular formula is C24H32N2O9. The second-order valence-electron chi connectivity index (χ2n) is 7.83. The SMILES string of the molecule is COc1ccc(CN2CC[NH+](Cc3cc(OC)c([O-])c(OC)c3)CC2)cc1OC.O=C(O)C(=O)O. The van der Waals surface area contributed by atoms with Gasteiger partial charge in [-0.05, 0) is 35.6 Å². The van der Waals surface area contributed by atoms with Crippen LogP contribution >= 0.6 is 0 Å². The standard InChI is InChI=1S/C22H30N2O5.C2H2O4/c1-26-18-6-5-16(11-19(18)27-2)14-23-7-9-24(10-8-23)15-17-12-20(28-3)22(25)21(13-17)29-4;3-1(4)2(5)6/h5-6,11-13,25H,7-10,14-15H2,1-4H3;(H,3,4)(H,5,6). The van der Waals surface area contributed by atoms with Crippen LogP contribution in [0.3, 0.4) is 0 Å². The molecule has 0 atom stereocenters. The first-order chi connectivity index (χ1) is 16.7. The summed E-state index contributed by atoms with van der Waals surface area (Å²) in [7, 11) is 6.34. The maximum absolute atomic E-state index is 12.1. The Labute approximate surface area is 204 Å². The average Bonchev–Trinajstić information content (AvgIpc) is 2.86. The fraction of sp³-hybridized carbons (Fsp3) is 0.417. The zero-order valence-corrected chi connectivity index (χ0v) is 20.3. The fourth-order valence-electron chi connectivity index (χ4n) is 3.77. The lowest BCUT2D eigenvalue weighted by Gasteiger charge is -2.32. The van der Waals surface area contributed by atoms with Gasteiger partial charge in [-0.2, -0.15) is 0 Å². The molecule has 0 spiro atoms. The summed E-state index contributed by atoms with van der Waals surface area (Å²) in [6, 6.07) is 9.74. The number of rotatable bonds is 8. The third-order valence-corrected chi connectivity index (χ3v) is 5.57. The van der Waals surface area contributed by atoms with Gasteiger partial charge in [0.15, 0.2) is 11.5 Å². The van der Waals surface area contributed by atoms with E-state index in [1.165, 1.54) is 24.7 Å². The van der Waals surface area contributed by atoms with E-state index in [-0.39, 0.29) is 5.75 Å². The monoisotopic (exact) mass is 492 g/mol. The van der Waals surface area contributed by atoms with Crippen LogP contribution in [-0.2, 0) is 22.7 Å². The normalized spacial score (nSPS) is 13.8. The Morgan fingerprint density at radius 3 is 1.77 bits per heavy atom. The van der Waals surface area contributed by atoms with Crippen molar-refractivity contribution in [1.29, 1.82) is 0 Å². The minimum Gasteiger partial charge on any atom is -0.867 e. The lowest BCUT2D eigenvalue weighted by molar-refractivity contribution is -0.918. The summed E-state index contributed by atoms with van der Waals surface area (Å²) in [5.41, 5.74) is 2.27. The van der Waals surface area contributed by atoms with E-state index in [0.717, 1.165) is 56.3 Å². The fourth-order valence-corrected chi connectivity index (χ4v) is 3.77. The van der Waals surface area contributed by atoms with Gasteiger partial charge in [0.25, 0.3) is 0 Å². The number of carbonyl (C=O) groups is 2. The van der Waals surface area contributed by atoms with Crippen LogP contribution in [0.25, 0.3) is 0 Å². The smallest absolute Gasteiger partial charge is 0.414 e. The molecule has 3 rings (SSSR count). The molecule has 0 saturated carbocycles. The van der Waals surface area contributed by atoms with Crippen molar-refractivity contribution in [2.45, 2.75) is 13.1 Å². The lowest BCUT2D eigenvalue weighted by Crippen LogP contribution is -3.13. The van der Waals surface area contributed by atoms with Crippen molar-refractivity contribution in [1.82, 2.24) is 4.90 Å². The number of nitrogens with zero attached hydrogens (tertiary/aromatic N) is 1. The number of hydrogen-bond donors (Lipinski definition) is 3. The number of aliphatic carboxylic acids is 2. The van der Waals surface area contributed by atoms with E-state index in [1.807, 2.05) is 24.3 Å². The highest BCUT2D eigenvalue weighted by atomic mass is 16.5. The van der Waals surface area contributed by atoms with Gasteiger partial charge in [0.05, 0.1) is 41.5 Å². The predicted octanol–water partition coefficient (Wildman–Crippen LogP) is -0.149. The summed E-state index contributed by atoms with van der Waals surface area (Å²) in [4.78, 5) is 22.1. The van der Waals surface area contributed by atoms with Gasteiger partial charge in [-0.15, -0.1) is 0 Å². The van der Waals surface area contributed by atoms with Crippen LogP contribution in [0.1, 0.15) is 11.1 Å². The molecule has 0 bridgehead atoms. The molecule has 1 heterocycles. The van der Waals surface area contributed by atoms with E-state index >= 15 is 0 Å². The Kier molecular flexibility index (Phi) is 10.4. The highest BCUT2D eigenvalue weighted by Crippen LogP contribution is 2.34. The van der Waals surface area contributed by atoms with Crippen molar-refractivity contribution in [3.05, 3.63) is 41.5 Å². The summed E-state index contributed by atoms with van der Waals surface area (Å²) in [6.07, 6.45) is 0. The number of piperazine rings is 1. The molecule has 0 aliphatic carbocycles. The van der Waals surface area contributed by atoms with Gasteiger partial charge in [-0.1, -0.05) is 6.07 Å². The average molecular weight is 493 g/mol. The first kappa shape index (κ1) is 27.5. The largest absolute Gasteiger partial charge is 0.867 e. The summed E-state index contributed by atoms with van der Waals surface area (Å²) in [5.74, 6) is -1.66. The number of quaternary nitrogens is 1. The van der Waals surface area contributed by atoms with Gasteiger partial charge in [0, 0.05) is 25.2 Å². The molecule has 0 amide bonds. The third kappa shape index (κ3) is 7.94. The van der Waals surface area contributed by atoms with Crippen LogP contribution in [0.2, 0.25) is 0 Å². The number of nitrogens with one attached hydrogen (secondary N) is 1. The molecule has 0 radical (unpaired) electrons. The number of hydrogen-bond acceptors (Lipinski definition) is 8. The first-order valence-electron chi connectivity index (χ1n) is 10.9. The topological polar surface area (TPSA) is 142 Å². The van der Waals surface area contributed by atoms with E-state index in [1.54, 1.807) is 14.2 Å². The van der Waals surface area contributed by atoms with E-state index < -0.39 is 11.9 Å². The van der Waals surface area contributed by atoms with Crippen LogP contribution in [-0.4, -0.2) is 81.7 Å². The van der Waals surface area contributed by atoms with Crippen molar-refractivity contribution >= 4 is 11.9 Å². The molecule has 0 unspecified atom stereocenters. The number of benzene rings is 2. The maximum atomic E-state index is 12.1. The Morgan fingerprint density at radius 2 is 1.31 bits per heavy atom. The van der Waals surface area contributed by atoms with Crippen molar-refractivity contribution in [2.75, 3.05) is 54.6 Å². The zero-order chi connectivity index (χ0) is 26.0. The number of ether oxygens (including phenoxy) is 4. The van der Waals surface area contributed by atoms with Crippen molar-refractivity contribution in [3.63, 3.8) is 0 Å². The van der Waals surface area contributed by atoms with Crippen LogP contribution in [0.4, 0.5) is 0 Å². The minimum absolute atomic E-state index is 0.200. The summed E-state index contributed by atoms with van der Waals surface area (Å²) < 4.78 is 21.1. The van der Waals surface area contributed by atoms with E-state index in [0.29, 0.717) is 11.5 Å². The van der Waals surface area contributed by atoms with Crippen molar-refractivity contribution in [2.24, 2.45) is 0 Å². The van der Waals surface area contributed by atoms with Crippen LogP contribution in [0.15, 0.2) is 30.3 Å². The molecule has 3 N–H and O–H groups in total. The first-order valence-corrected chi connectivity index (χ1v) is 10.9. The Balaban J connectivity index is 0.000000641. The Hall–Kier alpha value is -3.70.